The van der Waals surface area contributed by atoms with Crippen LogP contribution in [0.25, 0.3) is 5.57 Å². The van der Waals surface area contributed by atoms with Crippen LogP contribution < -0.4 is 0 Å². The Balaban J connectivity index is 2.08. The fourth-order valence-electron chi connectivity index (χ4n) is 4.35. The number of hydrogen-bond acceptors (Lipinski definition) is 5. The molecule has 0 unspecified atom stereocenters. The van der Waals surface area contributed by atoms with E-state index in [2.05, 4.69) is 0 Å². The van der Waals surface area contributed by atoms with Gasteiger partial charge in [-0.05, 0) is 63.5 Å². The molecular weight excluding hydrogens is 344 g/mol. The van der Waals surface area contributed by atoms with Crippen LogP contribution in [0.3, 0.4) is 0 Å². The second kappa shape index (κ2) is 7.85. The van der Waals surface area contributed by atoms with Crippen LogP contribution in [-0.2, 0) is 14.3 Å². The first kappa shape index (κ1) is 19.6. The number of aryl methyl sites for hydroxylation is 2. The first-order valence-electron chi connectivity index (χ1n) is 9.71. The molecule has 2 aliphatic carbocycles. The summed E-state index contributed by atoms with van der Waals surface area (Å²) in [6, 6.07) is 5.98. The van der Waals surface area contributed by atoms with Crippen LogP contribution >= 0.6 is 0 Å². The summed E-state index contributed by atoms with van der Waals surface area (Å²) in [5, 5.41) is 9.47. The SMILES string of the molecule is CCOC(=O)OC1=C(c2cc(C)ccc2C)C(=O)CC12CCC(CO)CC2. The zero-order valence-corrected chi connectivity index (χ0v) is 16.3. The molecule has 1 aromatic rings. The van der Waals surface area contributed by atoms with Crippen LogP contribution in [0.1, 0.15) is 55.7 Å². The van der Waals surface area contributed by atoms with Crippen LogP contribution in [0, 0.1) is 25.2 Å². The Morgan fingerprint density at radius 3 is 2.59 bits per heavy atom. The van der Waals surface area contributed by atoms with Gasteiger partial charge in [-0.1, -0.05) is 23.8 Å². The third-order valence-electron chi connectivity index (χ3n) is 5.92. The molecule has 1 aromatic carbocycles. The van der Waals surface area contributed by atoms with E-state index in [-0.39, 0.29) is 24.9 Å². The van der Waals surface area contributed by atoms with E-state index in [0.717, 1.165) is 42.4 Å². The maximum Gasteiger partial charge on any atom is 0.513 e. The highest BCUT2D eigenvalue weighted by Gasteiger charge is 2.50. The van der Waals surface area contributed by atoms with E-state index in [1.54, 1.807) is 6.92 Å². The molecule has 0 aromatic heterocycles. The number of Topliss-reactive ketones (excluding diaryl/α,β-unsaturated/α-hetero) is 1. The van der Waals surface area contributed by atoms with Gasteiger partial charge in [0.25, 0.3) is 0 Å². The molecule has 0 bridgehead atoms. The highest BCUT2D eigenvalue weighted by Crippen LogP contribution is 2.55. The van der Waals surface area contributed by atoms with Gasteiger partial charge in [0, 0.05) is 18.4 Å². The smallest absolute Gasteiger partial charge is 0.434 e. The molecule has 0 heterocycles. The summed E-state index contributed by atoms with van der Waals surface area (Å²) in [5.74, 6) is 0.737. The third-order valence-corrected chi connectivity index (χ3v) is 5.92. The first-order valence-corrected chi connectivity index (χ1v) is 9.71. The number of carbonyl (C=O) groups is 2. The minimum absolute atomic E-state index is 0.0189. The van der Waals surface area contributed by atoms with Gasteiger partial charge in [0.2, 0.25) is 0 Å². The number of aliphatic hydroxyl groups is 1. The van der Waals surface area contributed by atoms with E-state index in [0.29, 0.717) is 17.8 Å². The van der Waals surface area contributed by atoms with Gasteiger partial charge >= 0.3 is 6.16 Å². The van der Waals surface area contributed by atoms with E-state index in [9.17, 15) is 14.7 Å². The molecule has 0 atom stereocenters. The fourth-order valence-corrected chi connectivity index (χ4v) is 4.35. The Labute approximate surface area is 160 Å². The number of ketones is 1. The third kappa shape index (κ3) is 3.79. The molecule has 0 amide bonds. The number of rotatable bonds is 4. The van der Waals surface area contributed by atoms with Crippen molar-refractivity contribution < 1.29 is 24.2 Å². The lowest BCUT2D eigenvalue weighted by molar-refractivity contribution is -0.115. The monoisotopic (exact) mass is 372 g/mol. The topological polar surface area (TPSA) is 72.8 Å². The Bertz CT molecular complexity index is 769. The summed E-state index contributed by atoms with van der Waals surface area (Å²) in [6.07, 6.45) is 2.69. The van der Waals surface area contributed by atoms with Gasteiger partial charge in [0.05, 0.1) is 12.2 Å². The van der Waals surface area contributed by atoms with Gasteiger partial charge in [-0.15, -0.1) is 0 Å². The standard InChI is InChI=1S/C22H28O5/c1-4-26-21(25)27-20-19(17-11-14(2)5-6-15(17)3)18(24)12-22(20)9-7-16(13-23)8-10-22/h5-6,11,16,23H,4,7-10,12-13H2,1-3H3. The number of allylic oxidation sites excluding steroid dienone is 2. The molecule has 0 aliphatic heterocycles. The largest absolute Gasteiger partial charge is 0.513 e. The van der Waals surface area contributed by atoms with Crippen LogP contribution in [-0.4, -0.2) is 30.3 Å². The van der Waals surface area contributed by atoms with E-state index in [4.69, 9.17) is 9.47 Å². The Morgan fingerprint density at radius 2 is 1.96 bits per heavy atom. The molecule has 2 aliphatic rings. The van der Waals surface area contributed by atoms with Crippen LogP contribution in [0.4, 0.5) is 4.79 Å². The Kier molecular flexibility index (Phi) is 5.70. The van der Waals surface area contributed by atoms with Gasteiger partial charge in [-0.2, -0.15) is 0 Å². The molecule has 3 rings (SSSR count). The molecule has 0 saturated heterocycles. The summed E-state index contributed by atoms with van der Waals surface area (Å²) in [6.45, 7) is 6.05. The number of ether oxygens (including phenoxy) is 2. The van der Waals surface area contributed by atoms with Crippen molar-refractivity contribution in [3.63, 3.8) is 0 Å². The summed E-state index contributed by atoms with van der Waals surface area (Å²) in [5.41, 5.74) is 2.92. The molecule has 1 saturated carbocycles. The van der Waals surface area contributed by atoms with Crippen LogP contribution in [0.15, 0.2) is 24.0 Å². The van der Waals surface area contributed by atoms with E-state index < -0.39 is 11.6 Å². The summed E-state index contributed by atoms with van der Waals surface area (Å²) in [4.78, 5) is 25.2. The minimum atomic E-state index is -0.756. The Morgan fingerprint density at radius 1 is 1.26 bits per heavy atom. The molecule has 0 radical (unpaired) electrons. The molecule has 146 valence electrons. The summed E-state index contributed by atoms with van der Waals surface area (Å²) < 4.78 is 10.7. The molecule has 5 heteroatoms. The maximum atomic E-state index is 13.1. The van der Waals surface area contributed by atoms with Gasteiger partial charge in [0.1, 0.15) is 5.76 Å². The number of hydrogen-bond donors (Lipinski definition) is 1. The molecule has 1 spiro atoms. The van der Waals surface area contributed by atoms with E-state index in [1.165, 1.54) is 0 Å². The zero-order chi connectivity index (χ0) is 19.6. The number of aliphatic hydroxyl groups excluding tert-OH is 1. The molecule has 1 N–H and O–H groups in total. The predicted octanol–water partition coefficient (Wildman–Crippen LogP) is 4.33. The summed E-state index contributed by atoms with van der Waals surface area (Å²) >= 11 is 0. The second-order valence-corrected chi connectivity index (χ2v) is 7.81. The van der Waals surface area contributed by atoms with Crippen molar-refractivity contribution in [3.05, 3.63) is 40.6 Å². The summed E-state index contributed by atoms with van der Waals surface area (Å²) in [7, 11) is 0. The average molecular weight is 372 g/mol. The van der Waals surface area contributed by atoms with Gasteiger partial charge in [-0.3, -0.25) is 4.79 Å². The highest BCUT2D eigenvalue weighted by atomic mass is 16.7. The molecule has 1 fully saturated rings. The number of carbonyl (C=O) groups excluding carboxylic acids is 2. The number of benzene rings is 1. The van der Waals surface area contributed by atoms with E-state index >= 15 is 0 Å². The van der Waals surface area contributed by atoms with Crippen molar-refractivity contribution in [2.24, 2.45) is 11.3 Å². The lowest BCUT2D eigenvalue weighted by Crippen LogP contribution is -2.31. The van der Waals surface area contributed by atoms with Gasteiger partial charge in [-0.25, -0.2) is 4.79 Å². The fraction of sp³-hybridized carbons (Fsp3) is 0.545. The van der Waals surface area contributed by atoms with Gasteiger partial charge < -0.3 is 14.6 Å². The predicted molar refractivity (Wildman–Crippen MR) is 102 cm³/mol. The first-order chi connectivity index (χ1) is 12.9. The zero-order valence-electron chi connectivity index (χ0n) is 16.3. The lowest BCUT2D eigenvalue weighted by atomic mass is 9.69. The normalized spacial score (nSPS) is 25.2. The molecular formula is C22H28O5. The average Bonchev–Trinajstić information content (AvgIpc) is 2.89. The quantitative estimate of drug-likeness (QED) is 0.797. The van der Waals surface area contributed by atoms with Crippen molar-refractivity contribution >= 4 is 17.5 Å². The maximum absolute atomic E-state index is 13.1. The lowest BCUT2D eigenvalue weighted by Gasteiger charge is -2.37. The van der Waals surface area contributed by atoms with Gasteiger partial charge in [0.15, 0.2) is 5.78 Å². The molecule has 5 nitrogen and oxygen atoms in total. The van der Waals surface area contributed by atoms with Crippen molar-refractivity contribution in [3.8, 4) is 0 Å². The Hall–Kier alpha value is -2.14. The minimum Gasteiger partial charge on any atom is -0.434 e. The van der Waals surface area contributed by atoms with Crippen LogP contribution in [0.2, 0.25) is 0 Å². The van der Waals surface area contributed by atoms with Crippen molar-refractivity contribution in [1.29, 1.82) is 0 Å². The second-order valence-electron chi connectivity index (χ2n) is 7.81. The highest BCUT2D eigenvalue weighted by molar-refractivity contribution is 6.24. The van der Waals surface area contributed by atoms with Crippen LogP contribution in [0.5, 0.6) is 0 Å². The van der Waals surface area contributed by atoms with Crippen molar-refractivity contribution in [2.45, 2.75) is 52.9 Å². The van der Waals surface area contributed by atoms with E-state index in [1.807, 2.05) is 32.0 Å². The van der Waals surface area contributed by atoms with Crippen molar-refractivity contribution in [1.82, 2.24) is 0 Å². The van der Waals surface area contributed by atoms with Crippen molar-refractivity contribution in [2.75, 3.05) is 13.2 Å². The molecule has 27 heavy (non-hydrogen) atoms.